The maximum absolute atomic E-state index is 12.3. The number of benzene rings is 2. The Kier molecular flexibility index (Phi) is 6.23. The van der Waals surface area contributed by atoms with Crippen LogP contribution in [0.15, 0.2) is 48.0 Å². The lowest BCUT2D eigenvalue weighted by atomic mass is 10.1. The second-order valence-corrected chi connectivity index (χ2v) is 5.72. The molecule has 0 bridgehead atoms. The molecule has 2 rings (SSSR count). The molecule has 134 valence electrons. The Morgan fingerprint density at radius 2 is 1.96 bits per heavy atom. The molecule has 2 aromatic rings. The number of phenolic OH excluding ortho intramolecular Hbond substituents is 1. The highest BCUT2D eigenvalue weighted by Crippen LogP contribution is 2.30. The molecule has 26 heavy (non-hydrogen) atoms. The first-order valence-corrected chi connectivity index (χ1v) is 8.00. The van der Waals surface area contributed by atoms with Gasteiger partial charge in [0.05, 0.1) is 18.9 Å². The van der Waals surface area contributed by atoms with Gasteiger partial charge in [-0.3, -0.25) is 4.79 Å². The van der Waals surface area contributed by atoms with E-state index in [0.717, 1.165) is 0 Å². The van der Waals surface area contributed by atoms with Crippen molar-refractivity contribution in [2.75, 3.05) is 12.4 Å². The number of amides is 1. The Morgan fingerprint density at radius 1 is 1.23 bits per heavy atom. The van der Waals surface area contributed by atoms with Crippen LogP contribution in [0.2, 0.25) is 0 Å². The van der Waals surface area contributed by atoms with Crippen LogP contribution in [0, 0.1) is 11.3 Å². The third-order valence-corrected chi connectivity index (χ3v) is 3.38. The highest BCUT2D eigenvalue weighted by atomic mass is 16.5. The number of nitrogens with one attached hydrogen (secondary N) is 1. The molecule has 0 aliphatic carbocycles. The fourth-order valence-corrected chi connectivity index (χ4v) is 2.21. The zero-order chi connectivity index (χ0) is 19.1. The third-order valence-electron chi connectivity index (χ3n) is 3.38. The molecule has 0 radical (unpaired) electrons. The molecular weight excluding hydrogens is 332 g/mol. The molecule has 0 aliphatic rings. The summed E-state index contributed by atoms with van der Waals surface area (Å²) in [4.78, 5) is 12.3. The van der Waals surface area contributed by atoms with Crippen molar-refractivity contribution in [1.82, 2.24) is 0 Å². The highest BCUT2D eigenvalue weighted by molar-refractivity contribution is 6.10. The number of phenols is 1. The Labute approximate surface area is 152 Å². The van der Waals surface area contributed by atoms with Crippen molar-refractivity contribution < 1.29 is 19.4 Å². The fraction of sp³-hybridized carbons (Fsp3) is 0.200. The molecule has 0 aromatic heterocycles. The van der Waals surface area contributed by atoms with Crippen molar-refractivity contribution >= 4 is 17.7 Å². The minimum Gasteiger partial charge on any atom is -0.506 e. The molecule has 1 amide bonds. The van der Waals surface area contributed by atoms with Crippen molar-refractivity contribution in [3.63, 3.8) is 0 Å². The molecule has 0 heterocycles. The van der Waals surface area contributed by atoms with Gasteiger partial charge in [-0.15, -0.1) is 0 Å². The molecule has 0 fully saturated rings. The molecule has 6 nitrogen and oxygen atoms in total. The maximum atomic E-state index is 12.3. The summed E-state index contributed by atoms with van der Waals surface area (Å²) in [5.74, 6) is 0.396. The first-order valence-electron chi connectivity index (χ1n) is 8.00. The number of methoxy groups -OCH3 is 1. The summed E-state index contributed by atoms with van der Waals surface area (Å²) in [7, 11) is 1.52. The van der Waals surface area contributed by atoms with Crippen molar-refractivity contribution in [2.45, 2.75) is 20.0 Å². The average Bonchev–Trinajstić information content (AvgIpc) is 2.62. The largest absolute Gasteiger partial charge is 0.506 e. The number of ether oxygens (including phenoxy) is 2. The van der Waals surface area contributed by atoms with Gasteiger partial charge in [-0.2, -0.15) is 5.26 Å². The van der Waals surface area contributed by atoms with E-state index in [2.05, 4.69) is 5.32 Å². The first-order chi connectivity index (χ1) is 12.4. The number of carbonyl (C=O) groups excluding carboxylic acids is 1. The number of carbonyl (C=O) groups is 1. The molecule has 0 atom stereocenters. The summed E-state index contributed by atoms with van der Waals surface area (Å²) in [5.41, 5.74) is 0.742. The molecule has 0 spiro atoms. The number of nitrogens with zero attached hydrogens (tertiary/aromatic N) is 1. The number of hydrogen-bond acceptors (Lipinski definition) is 5. The normalized spacial score (nSPS) is 11.0. The van der Waals surface area contributed by atoms with Crippen LogP contribution in [0.25, 0.3) is 6.08 Å². The smallest absolute Gasteiger partial charge is 0.266 e. The monoisotopic (exact) mass is 352 g/mol. The second kappa shape index (κ2) is 8.58. The van der Waals surface area contributed by atoms with Crippen LogP contribution in [0.1, 0.15) is 19.4 Å². The van der Waals surface area contributed by atoms with Crippen molar-refractivity contribution in [3.8, 4) is 23.3 Å². The minimum absolute atomic E-state index is 0.00992. The van der Waals surface area contributed by atoms with Gasteiger partial charge in [0.1, 0.15) is 17.4 Å². The fourth-order valence-electron chi connectivity index (χ4n) is 2.21. The maximum Gasteiger partial charge on any atom is 0.266 e. The second-order valence-electron chi connectivity index (χ2n) is 5.72. The van der Waals surface area contributed by atoms with Crippen LogP contribution >= 0.6 is 0 Å². The van der Waals surface area contributed by atoms with Crippen molar-refractivity contribution in [3.05, 3.63) is 53.6 Å². The summed E-state index contributed by atoms with van der Waals surface area (Å²) in [6.07, 6.45) is 1.43. The number of hydrogen-bond donors (Lipinski definition) is 2. The highest BCUT2D eigenvalue weighted by Gasteiger charge is 2.13. The van der Waals surface area contributed by atoms with Gasteiger partial charge in [0, 0.05) is 0 Å². The van der Waals surface area contributed by atoms with Crippen LogP contribution in [0.4, 0.5) is 5.69 Å². The molecule has 6 heteroatoms. The van der Waals surface area contributed by atoms with Crippen LogP contribution in [-0.4, -0.2) is 24.2 Å². The van der Waals surface area contributed by atoms with Gasteiger partial charge in [-0.1, -0.05) is 18.2 Å². The predicted octanol–water partition coefficient (Wildman–Crippen LogP) is 3.73. The van der Waals surface area contributed by atoms with Gasteiger partial charge in [0.15, 0.2) is 11.5 Å². The Hall–Kier alpha value is -3.46. The SMILES string of the molecule is COc1cc(/C=C(\C#N)C(=O)Nc2ccccc2O)ccc1OC(C)C. The minimum atomic E-state index is -0.615. The molecule has 0 saturated heterocycles. The van der Waals surface area contributed by atoms with Crippen LogP contribution < -0.4 is 14.8 Å². The molecule has 0 unspecified atom stereocenters. The van der Waals surface area contributed by atoms with Crippen LogP contribution in [0.3, 0.4) is 0 Å². The summed E-state index contributed by atoms with van der Waals surface area (Å²) in [6, 6.07) is 13.3. The molecular formula is C20H20N2O4. The van der Waals surface area contributed by atoms with E-state index in [1.165, 1.54) is 19.3 Å². The van der Waals surface area contributed by atoms with Crippen LogP contribution in [-0.2, 0) is 4.79 Å². The Morgan fingerprint density at radius 3 is 2.58 bits per heavy atom. The van der Waals surface area contributed by atoms with E-state index in [1.54, 1.807) is 36.4 Å². The van der Waals surface area contributed by atoms with Gasteiger partial charge < -0.3 is 19.9 Å². The van der Waals surface area contributed by atoms with E-state index < -0.39 is 5.91 Å². The average molecular weight is 352 g/mol. The van der Waals surface area contributed by atoms with E-state index in [-0.39, 0.29) is 23.1 Å². The lowest BCUT2D eigenvalue weighted by Gasteiger charge is -2.14. The zero-order valence-electron chi connectivity index (χ0n) is 14.8. The van der Waals surface area contributed by atoms with Gasteiger partial charge in [-0.25, -0.2) is 0 Å². The van der Waals surface area contributed by atoms with Gasteiger partial charge >= 0.3 is 0 Å². The van der Waals surface area contributed by atoms with E-state index >= 15 is 0 Å². The summed E-state index contributed by atoms with van der Waals surface area (Å²) < 4.78 is 10.9. The lowest BCUT2D eigenvalue weighted by molar-refractivity contribution is -0.112. The lowest BCUT2D eigenvalue weighted by Crippen LogP contribution is -2.13. The number of anilines is 1. The third kappa shape index (κ3) is 4.77. The summed E-state index contributed by atoms with van der Waals surface area (Å²) in [6.45, 7) is 3.81. The topological polar surface area (TPSA) is 91.6 Å². The first kappa shape index (κ1) is 18.9. The van der Waals surface area contributed by atoms with E-state index in [4.69, 9.17) is 9.47 Å². The number of aromatic hydroxyl groups is 1. The van der Waals surface area contributed by atoms with Crippen molar-refractivity contribution in [2.24, 2.45) is 0 Å². The zero-order valence-corrected chi connectivity index (χ0v) is 14.8. The van der Waals surface area contributed by atoms with E-state index in [1.807, 2.05) is 19.9 Å². The predicted molar refractivity (Wildman–Crippen MR) is 99.1 cm³/mol. The molecule has 0 aliphatic heterocycles. The number of para-hydroxylation sites is 2. The molecule has 0 saturated carbocycles. The number of nitriles is 1. The van der Waals surface area contributed by atoms with Gasteiger partial charge in [-0.05, 0) is 49.8 Å². The van der Waals surface area contributed by atoms with Gasteiger partial charge in [0.2, 0.25) is 0 Å². The standard InChI is InChI=1S/C20H20N2O4/c1-13(2)26-18-9-8-14(11-19(18)25-3)10-15(12-21)20(24)22-16-6-4-5-7-17(16)23/h4-11,13,23H,1-3H3,(H,22,24)/b15-10+. The Balaban J connectivity index is 2.26. The van der Waals surface area contributed by atoms with Gasteiger partial charge in [0.25, 0.3) is 5.91 Å². The van der Waals surface area contributed by atoms with E-state index in [9.17, 15) is 15.2 Å². The molecule has 2 N–H and O–H groups in total. The van der Waals surface area contributed by atoms with E-state index in [0.29, 0.717) is 17.1 Å². The van der Waals surface area contributed by atoms with Crippen LogP contribution in [0.5, 0.6) is 17.2 Å². The number of rotatable bonds is 6. The molecule has 2 aromatic carbocycles. The van der Waals surface area contributed by atoms with Crippen molar-refractivity contribution in [1.29, 1.82) is 5.26 Å². The Bertz CT molecular complexity index is 866. The quantitative estimate of drug-likeness (QED) is 0.469. The summed E-state index contributed by atoms with van der Waals surface area (Å²) in [5, 5.41) is 21.5. The summed E-state index contributed by atoms with van der Waals surface area (Å²) >= 11 is 0.